The van der Waals surface area contributed by atoms with Crippen molar-refractivity contribution < 1.29 is 0 Å². The van der Waals surface area contributed by atoms with E-state index in [1.165, 1.54) is 19.3 Å². The van der Waals surface area contributed by atoms with Crippen molar-refractivity contribution in [3.8, 4) is 0 Å². The van der Waals surface area contributed by atoms with E-state index in [9.17, 15) is 0 Å². The number of hydrogen-bond donors (Lipinski definition) is 0. The Kier molecular flexibility index (Phi) is 2.80. The van der Waals surface area contributed by atoms with Gasteiger partial charge in [0.05, 0.1) is 0 Å². The summed E-state index contributed by atoms with van der Waals surface area (Å²) < 4.78 is 0. The van der Waals surface area contributed by atoms with Gasteiger partial charge in [-0.3, -0.25) is 0 Å². The van der Waals surface area contributed by atoms with Gasteiger partial charge in [-0.25, -0.2) is 0 Å². The molecule has 1 rings (SSSR count). The highest BCUT2D eigenvalue weighted by Crippen LogP contribution is 2.83. The highest BCUT2D eigenvalue weighted by Gasteiger charge is 2.77. The van der Waals surface area contributed by atoms with Crippen molar-refractivity contribution in [1.82, 2.24) is 0 Å². The van der Waals surface area contributed by atoms with E-state index in [1.54, 1.807) is 0 Å². The van der Waals surface area contributed by atoms with Crippen LogP contribution in [0.15, 0.2) is 0 Å². The minimum absolute atomic E-state index is 0.568. The third-order valence-electron chi connectivity index (χ3n) is 6.46. The molecular formula is C14H28. The van der Waals surface area contributed by atoms with E-state index in [2.05, 4.69) is 48.5 Å². The Bertz CT molecular complexity index is 202. The summed E-state index contributed by atoms with van der Waals surface area (Å²) >= 11 is 0. The predicted octanol–water partition coefficient (Wildman–Crippen LogP) is 4.89. The van der Waals surface area contributed by atoms with E-state index in [0.717, 1.165) is 5.92 Å². The van der Waals surface area contributed by atoms with Crippen molar-refractivity contribution in [3.05, 3.63) is 0 Å². The van der Waals surface area contributed by atoms with Gasteiger partial charge in [0.25, 0.3) is 0 Å². The zero-order valence-corrected chi connectivity index (χ0v) is 11.2. The molecule has 1 fully saturated rings. The van der Waals surface area contributed by atoms with Gasteiger partial charge in [0.15, 0.2) is 0 Å². The van der Waals surface area contributed by atoms with Crippen molar-refractivity contribution >= 4 is 0 Å². The van der Waals surface area contributed by atoms with Gasteiger partial charge in [-0.1, -0.05) is 54.9 Å². The first-order chi connectivity index (χ1) is 6.35. The quantitative estimate of drug-likeness (QED) is 0.601. The molecule has 84 valence electrons. The second-order valence-corrected chi connectivity index (χ2v) is 5.88. The maximum atomic E-state index is 2.52. The van der Waals surface area contributed by atoms with Gasteiger partial charge in [-0.15, -0.1) is 0 Å². The third kappa shape index (κ3) is 0.955. The summed E-state index contributed by atoms with van der Waals surface area (Å²) in [6.45, 7) is 17.0. The SMILES string of the molecule is CCC(C)C1(C)C(C)(CC)C1(C)CC. The van der Waals surface area contributed by atoms with Crippen LogP contribution in [0.5, 0.6) is 0 Å². The lowest BCUT2D eigenvalue weighted by atomic mass is 9.80. The third-order valence-corrected chi connectivity index (χ3v) is 6.46. The van der Waals surface area contributed by atoms with Gasteiger partial charge in [0, 0.05) is 0 Å². The van der Waals surface area contributed by atoms with Gasteiger partial charge >= 0.3 is 0 Å². The molecule has 0 radical (unpaired) electrons. The van der Waals surface area contributed by atoms with Crippen molar-refractivity contribution in [2.24, 2.45) is 22.2 Å². The van der Waals surface area contributed by atoms with Crippen LogP contribution in [0, 0.1) is 22.2 Å². The maximum absolute atomic E-state index is 2.52. The Morgan fingerprint density at radius 1 is 0.857 bits per heavy atom. The maximum Gasteiger partial charge on any atom is -0.0182 e. The highest BCUT2D eigenvalue weighted by molar-refractivity contribution is 5.25. The number of rotatable bonds is 4. The van der Waals surface area contributed by atoms with E-state index >= 15 is 0 Å². The normalized spacial score (nSPS) is 49.1. The highest BCUT2D eigenvalue weighted by atomic mass is 14.8. The molecule has 0 aromatic carbocycles. The van der Waals surface area contributed by atoms with E-state index in [0.29, 0.717) is 16.2 Å². The Morgan fingerprint density at radius 3 is 1.43 bits per heavy atom. The molecule has 0 nitrogen and oxygen atoms in total. The molecular weight excluding hydrogens is 168 g/mol. The fourth-order valence-corrected chi connectivity index (χ4v) is 4.36. The van der Waals surface area contributed by atoms with Gasteiger partial charge in [-0.2, -0.15) is 0 Å². The molecule has 0 N–H and O–H groups in total. The van der Waals surface area contributed by atoms with Crippen LogP contribution in [0.4, 0.5) is 0 Å². The molecule has 3 atom stereocenters. The van der Waals surface area contributed by atoms with Crippen LogP contribution >= 0.6 is 0 Å². The summed E-state index contributed by atoms with van der Waals surface area (Å²) in [7, 11) is 0. The zero-order valence-electron chi connectivity index (χ0n) is 11.2. The van der Waals surface area contributed by atoms with Crippen molar-refractivity contribution in [3.63, 3.8) is 0 Å². The van der Waals surface area contributed by atoms with Crippen LogP contribution in [-0.4, -0.2) is 0 Å². The Morgan fingerprint density at radius 2 is 1.21 bits per heavy atom. The molecule has 0 heteroatoms. The molecule has 0 bridgehead atoms. The molecule has 3 unspecified atom stereocenters. The first-order valence-electron chi connectivity index (χ1n) is 6.35. The number of hydrogen-bond acceptors (Lipinski definition) is 0. The van der Waals surface area contributed by atoms with E-state index < -0.39 is 0 Å². The van der Waals surface area contributed by atoms with Gasteiger partial charge in [0.2, 0.25) is 0 Å². The standard InChI is InChI=1S/C14H28/c1-8-11(4)14(7)12(5,9-2)13(14,6)10-3/h11H,8-10H2,1-7H3. The van der Waals surface area contributed by atoms with Crippen LogP contribution in [0.2, 0.25) is 0 Å². The molecule has 1 aliphatic carbocycles. The Labute approximate surface area is 90.5 Å². The Balaban J connectivity index is 3.02. The lowest BCUT2D eigenvalue weighted by Crippen LogP contribution is -2.17. The van der Waals surface area contributed by atoms with Gasteiger partial charge in [-0.05, 0) is 35.0 Å². The molecule has 0 spiro atoms. The van der Waals surface area contributed by atoms with E-state index in [4.69, 9.17) is 0 Å². The van der Waals surface area contributed by atoms with Gasteiger partial charge < -0.3 is 0 Å². The molecule has 0 aliphatic heterocycles. The summed E-state index contributed by atoms with van der Waals surface area (Å²) in [5.41, 5.74) is 1.71. The summed E-state index contributed by atoms with van der Waals surface area (Å²) in [5.74, 6) is 0.859. The fraction of sp³-hybridized carbons (Fsp3) is 1.00. The van der Waals surface area contributed by atoms with Crippen LogP contribution < -0.4 is 0 Å². The molecule has 1 saturated carbocycles. The molecule has 0 aromatic heterocycles. The van der Waals surface area contributed by atoms with Crippen molar-refractivity contribution in [2.75, 3.05) is 0 Å². The molecule has 0 amide bonds. The van der Waals surface area contributed by atoms with Crippen molar-refractivity contribution in [1.29, 1.82) is 0 Å². The lowest BCUT2D eigenvalue weighted by Gasteiger charge is -2.24. The van der Waals surface area contributed by atoms with Crippen molar-refractivity contribution in [2.45, 2.75) is 67.7 Å². The van der Waals surface area contributed by atoms with Gasteiger partial charge in [0.1, 0.15) is 0 Å². The van der Waals surface area contributed by atoms with Crippen LogP contribution in [0.3, 0.4) is 0 Å². The first-order valence-corrected chi connectivity index (χ1v) is 6.35. The molecule has 14 heavy (non-hydrogen) atoms. The predicted molar refractivity (Wildman–Crippen MR) is 64.4 cm³/mol. The van der Waals surface area contributed by atoms with Crippen LogP contribution in [-0.2, 0) is 0 Å². The summed E-state index contributed by atoms with van der Waals surface area (Å²) in [6, 6.07) is 0. The van der Waals surface area contributed by atoms with Crippen LogP contribution in [0.1, 0.15) is 67.7 Å². The second kappa shape index (κ2) is 3.25. The molecule has 0 heterocycles. The smallest absolute Gasteiger partial charge is 0.0182 e. The molecule has 0 aromatic rings. The average Bonchev–Trinajstić information content (AvgIpc) is 2.61. The monoisotopic (exact) mass is 196 g/mol. The van der Waals surface area contributed by atoms with E-state index in [1.807, 2.05) is 0 Å². The molecule has 0 saturated heterocycles. The minimum Gasteiger partial charge on any atom is -0.0651 e. The zero-order chi connectivity index (χ0) is 11.2. The lowest BCUT2D eigenvalue weighted by molar-refractivity contribution is 0.245. The fourth-order valence-electron chi connectivity index (χ4n) is 4.36. The largest absolute Gasteiger partial charge is 0.0651 e. The summed E-state index contributed by atoms with van der Waals surface area (Å²) in [6.07, 6.45) is 3.98. The first kappa shape index (κ1) is 12.1. The average molecular weight is 196 g/mol. The topological polar surface area (TPSA) is 0 Å². The van der Waals surface area contributed by atoms with Crippen LogP contribution in [0.25, 0.3) is 0 Å². The Hall–Kier alpha value is 0. The summed E-state index contributed by atoms with van der Waals surface area (Å²) in [5, 5.41) is 0. The minimum atomic E-state index is 0.568. The second-order valence-electron chi connectivity index (χ2n) is 5.88. The molecule has 1 aliphatic rings. The van der Waals surface area contributed by atoms with E-state index in [-0.39, 0.29) is 0 Å². The summed E-state index contributed by atoms with van der Waals surface area (Å²) in [4.78, 5) is 0.